The molecule has 230 valence electrons. The predicted octanol–water partition coefficient (Wildman–Crippen LogP) is 9.29. The molecule has 0 saturated heterocycles. The maximum Gasteiger partial charge on any atom is 0.309 e. The average Bonchev–Trinajstić information content (AvgIpc) is 3.32. The summed E-state index contributed by atoms with van der Waals surface area (Å²) in [7, 11) is 0. The van der Waals surface area contributed by atoms with E-state index in [4.69, 9.17) is 6.42 Å². The molecule has 2 N–H and O–H groups in total. The number of aliphatic carboxylic acids is 1. The lowest BCUT2D eigenvalue weighted by atomic mass is 9.30. The molecule has 3 heteroatoms. The fourth-order valence-electron chi connectivity index (χ4n) is 13.8. The zero-order valence-electron chi connectivity index (χ0n) is 27.7. The fourth-order valence-corrected chi connectivity index (χ4v) is 13.8. The molecule has 5 saturated carbocycles. The zero-order valence-corrected chi connectivity index (χ0v) is 27.7. The van der Waals surface area contributed by atoms with Crippen LogP contribution in [0.5, 0.6) is 0 Å². The van der Waals surface area contributed by atoms with Gasteiger partial charge in [-0.1, -0.05) is 60.6 Å². The highest BCUT2D eigenvalue weighted by molar-refractivity contribution is 5.76. The number of carbonyl (C=O) groups is 1. The molecule has 0 spiro atoms. The lowest BCUT2D eigenvalue weighted by Crippen LogP contribution is -2.71. The van der Waals surface area contributed by atoms with E-state index in [2.05, 4.69) is 67.9 Å². The molecule has 0 aromatic rings. The van der Waals surface area contributed by atoms with Gasteiger partial charge >= 0.3 is 5.97 Å². The van der Waals surface area contributed by atoms with E-state index in [9.17, 15) is 15.0 Å². The van der Waals surface area contributed by atoms with Crippen molar-refractivity contribution in [3.05, 3.63) is 12.2 Å². The van der Waals surface area contributed by atoms with E-state index in [1.54, 1.807) is 0 Å². The Morgan fingerprint density at radius 1 is 0.902 bits per heavy atom. The number of carboxylic acids is 1. The monoisotopic (exact) mass is 564 g/mol. The number of aliphatic hydroxyl groups is 1. The predicted molar refractivity (Wildman–Crippen MR) is 168 cm³/mol. The average molecular weight is 565 g/mol. The van der Waals surface area contributed by atoms with Crippen LogP contribution in [0.15, 0.2) is 12.2 Å². The SMILES string of the molecule is C#CCC(CC)(CC)[C@]1(O)CC[C@@]2(C)C(CC[C@]3(C)C2CCC2C4C(C(=C)C)CC[C@]4(C(=O)O)CC[C@]23C)C1(C)C. The van der Waals surface area contributed by atoms with E-state index in [0.717, 1.165) is 64.2 Å². The molecule has 5 unspecified atom stereocenters. The molecule has 5 rings (SSSR count). The normalized spacial score (nSPS) is 48.6. The van der Waals surface area contributed by atoms with Crippen LogP contribution in [0, 0.1) is 74.4 Å². The molecule has 0 aromatic heterocycles. The Kier molecular flexibility index (Phi) is 7.31. The second-order valence-electron chi connectivity index (χ2n) is 17.1. The van der Waals surface area contributed by atoms with E-state index < -0.39 is 17.0 Å². The van der Waals surface area contributed by atoms with Crippen molar-refractivity contribution >= 4 is 5.97 Å². The number of hydrogen-bond donors (Lipinski definition) is 2. The van der Waals surface area contributed by atoms with Crippen LogP contribution >= 0.6 is 0 Å². The zero-order chi connectivity index (χ0) is 30.4. The minimum Gasteiger partial charge on any atom is -0.481 e. The molecule has 0 radical (unpaired) electrons. The van der Waals surface area contributed by atoms with Crippen molar-refractivity contribution in [1.29, 1.82) is 0 Å². The van der Waals surface area contributed by atoms with Crippen LogP contribution in [0.2, 0.25) is 0 Å². The van der Waals surface area contributed by atoms with Gasteiger partial charge in [0.2, 0.25) is 0 Å². The van der Waals surface area contributed by atoms with E-state index in [1.807, 2.05) is 0 Å². The number of carboxylic acid groups (broad SMARTS) is 1. The van der Waals surface area contributed by atoms with E-state index in [1.165, 1.54) is 18.4 Å². The summed E-state index contributed by atoms with van der Waals surface area (Å²) in [5, 5.41) is 23.4. The summed E-state index contributed by atoms with van der Waals surface area (Å²) in [6, 6.07) is 0. The molecule has 3 nitrogen and oxygen atoms in total. The summed E-state index contributed by atoms with van der Waals surface area (Å²) in [5.41, 5.74) is -0.175. The Labute approximate surface area is 251 Å². The smallest absolute Gasteiger partial charge is 0.309 e. The number of fused-ring (bicyclic) bond motifs is 7. The largest absolute Gasteiger partial charge is 0.481 e. The fraction of sp³-hybridized carbons (Fsp3) is 0.868. The number of allylic oxidation sites excluding steroid dienone is 1. The molecule has 0 aliphatic heterocycles. The summed E-state index contributed by atoms with van der Waals surface area (Å²) in [4.78, 5) is 13.0. The van der Waals surface area contributed by atoms with Gasteiger partial charge in [0, 0.05) is 11.8 Å². The highest BCUT2D eigenvalue weighted by Crippen LogP contribution is 2.79. The lowest BCUT2D eigenvalue weighted by molar-refractivity contribution is -0.287. The van der Waals surface area contributed by atoms with Crippen LogP contribution < -0.4 is 0 Å². The van der Waals surface area contributed by atoms with Gasteiger partial charge in [-0.15, -0.1) is 12.3 Å². The summed E-state index contributed by atoms with van der Waals surface area (Å²) in [6.45, 7) is 23.5. The Hall–Kier alpha value is -1.27. The van der Waals surface area contributed by atoms with Crippen LogP contribution in [0.4, 0.5) is 0 Å². The highest BCUT2D eigenvalue weighted by Gasteiger charge is 2.74. The minimum absolute atomic E-state index is 0.128. The molecule has 5 fully saturated rings. The van der Waals surface area contributed by atoms with Gasteiger partial charge in [0.15, 0.2) is 0 Å². The van der Waals surface area contributed by atoms with Crippen LogP contribution in [0.1, 0.15) is 139 Å². The Bertz CT molecular complexity index is 1120. The van der Waals surface area contributed by atoms with Gasteiger partial charge in [-0.25, -0.2) is 0 Å². The third-order valence-electron chi connectivity index (χ3n) is 16.4. The summed E-state index contributed by atoms with van der Waals surface area (Å²) >= 11 is 0. The van der Waals surface area contributed by atoms with Crippen LogP contribution in [-0.2, 0) is 4.79 Å². The molecular formula is C38H60O3. The Morgan fingerprint density at radius 3 is 2.12 bits per heavy atom. The Morgan fingerprint density at radius 2 is 1.56 bits per heavy atom. The number of rotatable bonds is 6. The van der Waals surface area contributed by atoms with Crippen LogP contribution in [0.3, 0.4) is 0 Å². The summed E-state index contributed by atoms with van der Waals surface area (Å²) in [5.74, 6) is 4.44. The highest BCUT2D eigenvalue weighted by atomic mass is 16.4. The Balaban J connectivity index is 1.54. The maximum absolute atomic E-state index is 13.0. The maximum atomic E-state index is 13.0. The van der Waals surface area contributed by atoms with E-state index in [-0.39, 0.29) is 33.0 Å². The quantitative estimate of drug-likeness (QED) is 0.250. The van der Waals surface area contributed by atoms with Crippen molar-refractivity contribution in [2.75, 3.05) is 0 Å². The van der Waals surface area contributed by atoms with Crippen LogP contribution in [-0.4, -0.2) is 21.8 Å². The standard InChI is InChI=1S/C38H60O3/c1-11-18-36(12-2,13-3)38(41)24-21-33(8)28(32(38,6)7)17-19-35(10)29(33)15-14-27-30-26(25(4)5)16-20-37(30,31(39)40)23-22-34(27,35)9/h1,26-30,41H,4,12-24H2,2-3,5-10H3,(H,39,40)/t26?,27?,28?,29?,30?,33-,34+,35+,37-,38-/m0/s1. The second kappa shape index (κ2) is 9.61. The van der Waals surface area contributed by atoms with Gasteiger partial charge in [0.05, 0.1) is 11.0 Å². The number of terminal acetylenes is 1. The second-order valence-corrected chi connectivity index (χ2v) is 17.1. The molecule has 0 amide bonds. The van der Waals surface area contributed by atoms with Crippen LogP contribution in [0.25, 0.3) is 0 Å². The lowest BCUT2D eigenvalue weighted by Gasteiger charge is -2.74. The first-order valence-electron chi connectivity index (χ1n) is 17.1. The van der Waals surface area contributed by atoms with Gasteiger partial charge in [-0.05, 0) is 135 Å². The summed E-state index contributed by atoms with van der Waals surface area (Å²) in [6.07, 6.45) is 18.6. The van der Waals surface area contributed by atoms with Crippen molar-refractivity contribution < 1.29 is 15.0 Å². The molecule has 0 heterocycles. The molecular weight excluding hydrogens is 504 g/mol. The first-order valence-corrected chi connectivity index (χ1v) is 17.1. The van der Waals surface area contributed by atoms with Gasteiger partial charge in [-0.3, -0.25) is 4.79 Å². The topological polar surface area (TPSA) is 57.5 Å². The van der Waals surface area contributed by atoms with Crippen molar-refractivity contribution in [2.45, 2.75) is 144 Å². The molecule has 0 aromatic carbocycles. The third-order valence-corrected chi connectivity index (χ3v) is 16.4. The van der Waals surface area contributed by atoms with Crippen molar-refractivity contribution in [2.24, 2.45) is 62.1 Å². The van der Waals surface area contributed by atoms with Gasteiger partial charge < -0.3 is 10.2 Å². The minimum atomic E-state index is -0.778. The van der Waals surface area contributed by atoms with Gasteiger partial charge in [-0.2, -0.15) is 0 Å². The first kappa shape index (κ1) is 31.2. The molecule has 5 aliphatic carbocycles. The van der Waals surface area contributed by atoms with Crippen molar-refractivity contribution in [3.63, 3.8) is 0 Å². The van der Waals surface area contributed by atoms with Crippen molar-refractivity contribution in [3.8, 4) is 12.3 Å². The van der Waals surface area contributed by atoms with E-state index >= 15 is 0 Å². The van der Waals surface area contributed by atoms with E-state index in [0.29, 0.717) is 30.1 Å². The van der Waals surface area contributed by atoms with Gasteiger partial charge in [0.1, 0.15) is 0 Å². The van der Waals surface area contributed by atoms with Crippen molar-refractivity contribution in [1.82, 2.24) is 0 Å². The molecule has 10 atom stereocenters. The molecule has 5 aliphatic rings. The molecule has 41 heavy (non-hydrogen) atoms. The number of hydrogen-bond acceptors (Lipinski definition) is 2. The van der Waals surface area contributed by atoms with Gasteiger partial charge in [0.25, 0.3) is 0 Å². The summed E-state index contributed by atoms with van der Waals surface area (Å²) < 4.78 is 0. The molecule has 0 bridgehead atoms. The first-order chi connectivity index (χ1) is 19.0. The third kappa shape index (κ3) is 3.58.